The zero-order valence-corrected chi connectivity index (χ0v) is 7.90. The van der Waals surface area contributed by atoms with Crippen LogP contribution in [0, 0.1) is 0 Å². The van der Waals surface area contributed by atoms with Gasteiger partial charge in [0.25, 0.3) is 0 Å². The highest BCUT2D eigenvalue weighted by atomic mass is 16.3. The number of rotatable bonds is 3. The Morgan fingerprint density at radius 3 is 2.62 bits per heavy atom. The molecule has 0 aromatic heterocycles. The summed E-state index contributed by atoms with van der Waals surface area (Å²) >= 11 is 0. The summed E-state index contributed by atoms with van der Waals surface area (Å²) in [6.07, 6.45) is 5.71. The molecule has 0 bridgehead atoms. The maximum Gasteiger partial charge on any atom is 0.0784 e. The Morgan fingerprint density at radius 1 is 1.46 bits per heavy atom. The summed E-state index contributed by atoms with van der Waals surface area (Å²) in [5.74, 6) is 0. The van der Waals surface area contributed by atoms with Gasteiger partial charge in [0, 0.05) is 6.42 Å². The van der Waals surface area contributed by atoms with Crippen molar-refractivity contribution in [3.8, 4) is 0 Å². The predicted molar refractivity (Wildman–Crippen MR) is 53.3 cm³/mol. The van der Waals surface area contributed by atoms with Gasteiger partial charge in [-0.15, -0.1) is 0 Å². The maximum absolute atomic E-state index is 9.55. The molecule has 0 saturated heterocycles. The Hall–Kier alpha value is -0.860. The predicted octanol–water partition coefficient (Wildman–Crippen LogP) is 1.56. The molecular formula is C11H16O2. The van der Waals surface area contributed by atoms with Crippen molar-refractivity contribution >= 4 is 0 Å². The first-order valence-corrected chi connectivity index (χ1v) is 4.50. The molecule has 0 aromatic rings. The fraction of sp³-hybridized carbons (Fsp3) is 0.455. The molecule has 1 rings (SSSR count). The van der Waals surface area contributed by atoms with E-state index < -0.39 is 12.2 Å². The van der Waals surface area contributed by atoms with E-state index in [2.05, 4.69) is 6.58 Å². The van der Waals surface area contributed by atoms with Crippen LogP contribution >= 0.6 is 0 Å². The molecule has 2 unspecified atom stereocenters. The van der Waals surface area contributed by atoms with Crippen LogP contribution in [-0.4, -0.2) is 22.4 Å². The minimum Gasteiger partial charge on any atom is -0.389 e. The Labute approximate surface area is 78.9 Å². The monoisotopic (exact) mass is 180 g/mol. The molecule has 2 N–H and O–H groups in total. The quantitative estimate of drug-likeness (QED) is 0.511. The fourth-order valence-corrected chi connectivity index (χ4v) is 1.60. The van der Waals surface area contributed by atoms with Gasteiger partial charge in [0.15, 0.2) is 0 Å². The van der Waals surface area contributed by atoms with Crippen LogP contribution in [-0.2, 0) is 0 Å². The van der Waals surface area contributed by atoms with E-state index in [0.29, 0.717) is 12.8 Å². The van der Waals surface area contributed by atoms with Crippen LogP contribution in [0.5, 0.6) is 0 Å². The normalized spacial score (nSPS) is 28.8. The van der Waals surface area contributed by atoms with Gasteiger partial charge in [0.2, 0.25) is 0 Å². The van der Waals surface area contributed by atoms with E-state index in [0.717, 1.165) is 11.1 Å². The SMILES string of the molecule is C=C/C=C/CC1=C(C)C(O)CC1O. The molecule has 2 nitrogen and oxygen atoms in total. The lowest BCUT2D eigenvalue weighted by molar-refractivity contribution is 0.143. The molecule has 72 valence electrons. The first-order chi connectivity index (χ1) is 6.16. The second-order valence-corrected chi connectivity index (χ2v) is 3.34. The van der Waals surface area contributed by atoms with E-state index in [-0.39, 0.29) is 0 Å². The molecule has 0 spiro atoms. The summed E-state index contributed by atoms with van der Waals surface area (Å²) in [6.45, 7) is 5.44. The van der Waals surface area contributed by atoms with Crippen LogP contribution in [0.1, 0.15) is 19.8 Å². The molecule has 13 heavy (non-hydrogen) atoms. The van der Waals surface area contributed by atoms with Gasteiger partial charge in [-0.3, -0.25) is 0 Å². The topological polar surface area (TPSA) is 40.5 Å². The Morgan fingerprint density at radius 2 is 2.15 bits per heavy atom. The van der Waals surface area contributed by atoms with Crippen LogP contribution in [0.3, 0.4) is 0 Å². The maximum atomic E-state index is 9.55. The highest BCUT2D eigenvalue weighted by Crippen LogP contribution is 2.29. The summed E-state index contributed by atoms with van der Waals surface area (Å²) in [6, 6.07) is 0. The van der Waals surface area contributed by atoms with Crippen molar-refractivity contribution in [3.63, 3.8) is 0 Å². The van der Waals surface area contributed by atoms with Gasteiger partial charge < -0.3 is 10.2 Å². The lowest BCUT2D eigenvalue weighted by atomic mass is 10.1. The van der Waals surface area contributed by atoms with Crippen molar-refractivity contribution in [1.29, 1.82) is 0 Å². The molecule has 1 aliphatic carbocycles. The third-order valence-corrected chi connectivity index (χ3v) is 2.47. The highest BCUT2D eigenvalue weighted by molar-refractivity contribution is 5.28. The van der Waals surface area contributed by atoms with Crippen molar-refractivity contribution in [2.24, 2.45) is 0 Å². The van der Waals surface area contributed by atoms with Gasteiger partial charge in [-0.05, 0) is 24.5 Å². The lowest BCUT2D eigenvalue weighted by Crippen LogP contribution is -2.08. The molecule has 0 radical (unpaired) electrons. The van der Waals surface area contributed by atoms with Crippen LogP contribution in [0.15, 0.2) is 36.0 Å². The minimum absolute atomic E-state index is 0.448. The molecular weight excluding hydrogens is 164 g/mol. The summed E-state index contributed by atoms with van der Waals surface area (Å²) in [7, 11) is 0. The Balaban J connectivity index is 2.66. The third-order valence-electron chi connectivity index (χ3n) is 2.47. The van der Waals surface area contributed by atoms with E-state index in [1.54, 1.807) is 6.08 Å². The van der Waals surface area contributed by atoms with Gasteiger partial charge in [-0.25, -0.2) is 0 Å². The van der Waals surface area contributed by atoms with Crippen LogP contribution in [0.25, 0.3) is 0 Å². The second-order valence-electron chi connectivity index (χ2n) is 3.34. The summed E-state index contributed by atoms with van der Waals surface area (Å²) < 4.78 is 0. The lowest BCUT2D eigenvalue weighted by Gasteiger charge is -2.04. The minimum atomic E-state index is -0.468. The van der Waals surface area contributed by atoms with Crippen LogP contribution in [0.2, 0.25) is 0 Å². The van der Waals surface area contributed by atoms with Crippen molar-refractivity contribution in [3.05, 3.63) is 36.0 Å². The van der Waals surface area contributed by atoms with Crippen molar-refractivity contribution in [1.82, 2.24) is 0 Å². The summed E-state index contributed by atoms with van der Waals surface area (Å²) in [4.78, 5) is 0. The van der Waals surface area contributed by atoms with Gasteiger partial charge >= 0.3 is 0 Å². The summed E-state index contributed by atoms with van der Waals surface area (Å²) in [5, 5.41) is 19.0. The third kappa shape index (κ3) is 2.29. The molecule has 0 heterocycles. The fourth-order valence-electron chi connectivity index (χ4n) is 1.60. The number of hydrogen-bond donors (Lipinski definition) is 2. The Bertz CT molecular complexity index is 251. The first kappa shape index (κ1) is 10.2. The van der Waals surface area contributed by atoms with E-state index in [1.165, 1.54) is 0 Å². The molecule has 1 aliphatic rings. The average Bonchev–Trinajstić information content (AvgIpc) is 2.32. The van der Waals surface area contributed by atoms with E-state index in [4.69, 9.17) is 0 Å². The molecule has 0 aromatic carbocycles. The average molecular weight is 180 g/mol. The van der Waals surface area contributed by atoms with E-state index in [9.17, 15) is 10.2 Å². The number of aliphatic hydroxyl groups excluding tert-OH is 2. The smallest absolute Gasteiger partial charge is 0.0784 e. The molecule has 2 heteroatoms. The molecule has 0 aliphatic heterocycles. The second kappa shape index (κ2) is 4.40. The van der Waals surface area contributed by atoms with Crippen molar-refractivity contribution in [2.45, 2.75) is 32.0 Å². The standard InChI is InChI=1S/C11H16O2/c1-3-4-5-6-9-8(2)10(12)7-11(9)13/h3-5,10-13H,1,6-7H2,2H3/b5-4+. The van der Waals surface area contributed by atoms with Gasteiger partial charge in [0.1, 0.15) is 0 Å². The van der Waals surface area contributed by atoms with E-state index >= 15 is 0 Å². The molecule has 0 amide bonds. The summed E-state index contributed by atoms with van der Waals surface area (Å²) in [5.41, 5.74) is 1.87. The van der Waals surface area contributed by atoms with Crippen LogP contribution < -0.4 is 0 Å². The van der Waals surface area contributed by atoms with Crippen molar-refractivity contribution in [2.75, 3.05) is 0 Å². The first-order valence-electron chi connectivity index (χ1n) is 4.50. The Kier molecular flexibility index (Phi) is 3.46. The zero-order valence-electron chi connectivity index (χ0n) is 7.90. The largest absolute Gasteiger partial charge is 0.389 e. The molecule has 2 atom stereocenters. The van der Waals surface area contributed by atoms with Crippen molar-refractivity contribution < 1.29 is 10.2 Å². The zero-order chi connectivity index (χ0) is 9.84. The van der Waals surface area contributed by atoms with Crippen LogP contribution in [0.4, 0.5) is 0 Å². The number of allylic oxidation sites excluding steroid dienone is 3. The van der Waals surface area contributed by atoms with Gasteiger partial charge in [0.05, 0.1) is 12.2 Å². The van der Waals surface area contributed by atoms with E-state index in [1.807, 2.05) is 19.1 Å². The van der Waals surface area contributed by atoms with Gasteiger partial charge in [-0.2, -0.15) is 0 Å². The highest BCUT2D eigenvalue weighted by Gasteiger charge is 2.26. The molecule has 0 fully saturated rings. The number of hydrogen-bond acceptors (Lipinski definition) is 2. The molecule has 0 saturated carbocycles. The number of aliphatic hydroxyl groups is 2. The van der Waals surface area contributed by atoms with Gasteiger partial charge in [-0.1, -0.05) is 24.8 Å².